The van der Waals surface area contributed by atoms with Crippen molar-refractivity contribution in [1.29, 1.82) is 0 Å². The van der Waals surface area contributed by atoms with E-state index in [1.165, 1.54) is 12.3 Å². The molecule has 0 aliphatic rings. The van der Waals surface area contributed by atoms with Gasteiger partial charge in [0.2, 0.25) is 5.95 Å². The second kappa shape index (κ2) is 5.66. The van der Waals surface area contributed by atoms with Crippen LogP contribution in [0.2, 0.25) is 0 Å². The predicted molar refractivity (Wildman–Crippen MR) is 72.9 cm³/mol. The standard InChI is InChI=1S/C12H10BrF3N4/c13-9-6-19-11(17)20-10(9)18-5-7-2-1-3-8(4-7)12(14,15)16/h1-4,6H,5H2,(H3,17,18,19,20). The molecule has 2 rings (SSSR count). The molecular weight excluding hydrogens is 337 g/mol. The molecule has 0 unspecified atom stereocenters. The number of aromatic nitrogens is 2. The van der Waals surface area contributed by atoms with Crippen LogP contribution in [0.4, 0.5) is 24.9 Å². The summed E-state index contributed by atoms with van der Waals surface area (Å²) in [4.78, 5) is 7.72. The van der Waals surface area contributed by atoms with E-state index in [2.05, 4.69) is 31.2 Å². The van der Waals surface area contributed by atoms with E-state index >= 15 is 0 Å². The Balaban J connectivity index is 2.13. The maximum Gasteiger partial charge on any atom is 0.416 e. The zero-order valence-electron chi connectivity index (χ0n) is 10.1. The SMILES string of the molecule is Nc1ncc(Br)c(NCc2cccc(C(F)(F)F)c2)n1. The fourth-order valence-corrected chi connectivity index (χ4v) is 1.88. The number of hydrogen-bond donors (Lipinski definition) is 2. The number of nitrogens with zero attached hydrogens (tertiary/aromatic N) is 2. The van der Waals surface area contributed by atoms with Crippen molar-refractivity contribution in [2.24, 2.45) is 0 Å². The number of nitrogens with one attached hydrogen (secondary N) is 1. The Labute approximate surface area is 121 Å². The monoisotopic (exact) mass is 346 g/mol. The first kappa shape index (κ1) is 14.6. The van der Waals surface area contributed by atoms with E-state index in [-0.39, 0.29) is 12.5 Å². The highest BCUT2D eigenvalue weighted by Gasteiger charge is 2.30. The maximum absolute atomic E-state index is 12.6. The van der Waals surface area contributed by atoms with E-state index in [1.807, 2.05) is 0 Å². The molecule has 8 heteroatoms. The number of anilines is 2. The molecule has 106 valence electrons. The van der Waals surface area contributed by atoms with Crippen LogP contribution in [0.1, 0.15) is 11.1 Å². The van der Waals surface area contributed by atoms with E-state index in [0.717, 1.165) is 12.1 Å². The average molecular weight is 347 g/mol. The fourth-order valence-electron chi connectivity index (χ4n) is 1.55. The molecule has 0 saturated heterocycles. The lowest BCUT2D eigenvalue weighted by molar-refractivity contribution is -0.137. The quantitative estimate of drug-likeness (QED) is 0.893. The van der Waals surface area contributed by atoms with Crippen LogP contribution in [0.15, 0.2) is 34.9 Å². The second-order valence-electron chi connectivity index (χ2n) is 3.98. The summed E-state index contributed by atoms with van der Waals surface area (Å²) in [7, 11) is 0. The first-order chi connectivity index (χ1) is 9.36. The van der Waals surface area contributed by atoms with E-state index in [0.29, 0.717) is 15.9 Å². The summed E-state index contributed by atoms with van der Waals surface area (Å²) in [6.07, 6.45) is -2.88. The molecule has 3 N–H and O–H groups in total. The summed E-state index contributed by atoms with van der Waals surface area (Å²) in [6, 6.07) is 5.08. The van der Waals surface area contributed by atoms with Gasteiger partial charge in [0, 0.05) is 12.7 Å². The molecule has 0 fully saturated rings. The molecule has 0 bridgehead atoms. The van der Waals surface area contributed by atoms with Gasteiger partial charge < -0.3 is 11.1 Å². The third-order valence-electron chi connectivity index (χ3n) is 2.48. The van der Waals surface area contributed by atoms with Gasteiger partial charge in [-0.3, -0.25) is 0 Å². The van der Waals surface area contributed by atoms with Gasteiger partial charge in [-0.2, -0.15) is 18.2 Å². The molecule has 2 aromatic rings. The smallest absolute Gasteiger partial charge is 0.368 e. The summed E-state index contributed by atoms with van der Waals surface area (Å²) in [6.45, 7) is 0.193. The van der Waals surface area contributed by atoms with Crippen molar-refractivity contribution in [3.05, 3.63) is 46.1 Å². The first-order valence-electron chi connectivity index (χ1n) is 5.54. The topological polar surface area (TPSA) is 63.8 Å². The molecule has 0 radical (unpaired) electrons. The molecule has 0 aliphatic heterocycles. The molecule has 0 aliphatic carbocycles. The highest BCUT2D eigenvalue weighted by Crippen LogP contribution is 2.29. The number of nitrogen functional groups attached to an aromatic ring is 1. The highest BCUT2D eigenvalue weighted by atomic mass is 79.9. The molecule has 1 heterocycles. The molecule has 1 aromatic heterocycles. The summed E-state index contributed by atoms with van der Waals surface area (Å²) in [5.41, 5.74) is 5.25. The van der Waals surface area contributed by atoms with Crippen LogP contribution in [0, 0.1) is 0 Å². The summed E-state index contributed by atoms with van der Waals surface area (Å²) < 4.78 is 38.3. The Morgan fingerprint density at radius 2 is 2.05 bits per heavy atom. The van der Waals surface area contributed by atoms with Crippen LogP contribution in [0.5, 0.6) is 0 Å². The Hall–Kier alpha value is -1.83. The van der Waals surface area contributed by atoms with E-state index < -0.39 is 11.7 Å². The van der Waals surface area contributed by atoms with Gasteiger partial charge in [-0.1, -0.05) is 12.1 Å². The largest absolute Gasteiger partial charge is 0.416 e. The molecule has 0 saturated carbocycles. The highest BCUT2D eigenvalue weighted by molar-refractivity contribution is 9.10. The summed E-state index contributed by atoms with van der Waals surface area (Å²) >= 11 is 3.23. The van der Waals surface area contributed by atoms with Crippen molar-refractivity contribution in [3.8, 4) is 0 Å². The number of nitrogens with two attached hydrogens (primary N) is 1. The van der Waals surface area contributed by atoms with Crippen molar-refractivity contribution in [3.63, 3.8) is 0 Å². The number of alkyl halides is 3. The minimum atomic E-state index is -4.35. The van der Waals surface area contributed by atoms with E-state index in [9.17, 15) is 13.2 Å². The lowest BCUT2D eigenvalue weighted by atomic mass is 10.1. The van der Waals surface area contributed by atoms with Crippen LogP contribution in [0.25, 0.3) is 0 Å². The average Bonchev–Trinajstić information content (AvgIpc) is 2.39. The van der Waals surface area contributed by atoms with Crippen LogP contribution in [0.3, 0.4) is 0 Å². The first-order valence-corrected chi connectivity index (χ1v) is 6.33. The molecule has 0 atom stereocenters. The lowest BCUT2D eigenvalue weighted by Gasteiger charge is -2.10. The van der Waals surface area contributed by atoms with Crippen LogP contribution >= 0.6 is 15.9 Å². The molecule has 4 nitrogen and oxygen atoms in total. The van der Waals surface area contributed by atoms with Crippen molar-refractivity contribution in [1.82, 2.24) is 9.97 Å². The molecule has 0 spiro atoms. The van der Waals surface area contributed by atoms with Gasteiger partial charge in [-0.15, -0.1) is 0 Å². The summed E-state index contributed by atoms with van der Waals surface area (Å²) in [5.74, 6) is 0.509. The Kier molecular flexibility index (Phi) is 4.12. The van der Waals surface area contributed by atoms with Crippen molar-refractivity contribution in [2.75, 3.05) is 11.1 Å². The lowest BCUT2D eigenvalue weighted by Crippen LogP contribution is -2.08. The van der Waals surface area contributed by atoms with Crippen molar-refractivity contribution in [2.45, 2.75) is 12.7 Å². The fraction of sp³-hybridized carbons (Fsp3) is 0.167. The van der Waals surface area contributed by atoms with E-state index in [1.54, 1.807) is 6.07 Å². The minimum absolute atomic E-state index is 0.0831. The molecule has 1 aromatic carbocycles. The van der Waals surface area contributed by atoms with Gasteiger partial charge >= 0.3 is 6.18 Å². The third kappa shape index (κ3) is 3.60. The van der Waals surface area contributed by atoms with Crippen LogP contribution in [-0.2, 0) is 12.7 Å². The van der Waals surface area contributed by atoms with Crippen molar-refractivity contribution >= 4 is 27.7 Å². The normalized spacial score (nSPS) is 11.4. The van der Waals surface area contributed by atoms with E-state index in [4.69, 9.17) is 5.73 Å². The predicted octanol–water partition coefficient (Wildman–Crippen LogP) is 3.45. The van der Waals surface area contributed by atoms with Gasteiger partial charge in [0.05, 0.1) is 10.0 Å². The number of halogens is 4. The van der Waals surface area contributed by atoms with Crippen molar-refractivity contribution < 1.29 is 13.2 Å². The van der Waals surface area contributed by atoms with Gasteiger partial charge in [0.1, 0.15) is 5.82 Å². The zero-order chi connectivity index (χ0) is 14.8. The Bertz CT molecular complexity index is 616. The number of benzene rings is 1. The summed E-state index contributed by atoms with van der Waals surface area (Å²) in [5, 5.41) is 2.90. The minimum Gasteiger partial charge on any atom is -0.368 e. The number of hydrogen-bond acceptors (Lipinski definition) is 4. The maximum atomic E-state index is 12.6. The second-order valence-corrected chi connectivity index (χ2v) is 4.83. The number of rotatable bonds is 3. The molecular formula is C12H10BrF3N4. The zero-order valence-corrected chi connectivity index (χ0v) is 11.7. The molecule has 20 heavy (non-hydrogen) atoms. The third-order valence-corrected chi connectivity index (χ3v) is 3.06. The van der Waals surface area contributed by atoms with Crippen LogP contribution in [-0.4, -0.2) is 9.97 Å². The van der Waals surface area contributed by atoms with Gasteiger partial charge in [-0.05, 0) is 33.6 Å². The van der Waals surface area contributed by atoms with Gasteiger partial charge in [-0.25, -0.2) is 4.98 Å². The Morgan fingerprint density at radius 1 is 1.30 bits per heavy atom. The Morgan fingerprint density at radius 3 is 2.75 bits per heavy atom. The van der Waals surface area contributed by atoms with Gasteiger partial charge in [0.15, 0.2) is 0 Å². The van der Waals surface area contributed by atoms with Crippen LogP contribution < -0.4 is 11.1 Å². The van der Waals surface area contributed by atoms with Gasteiger partial charge in [0.25, 0.3) is 0 Å². The molecule has 0 amide bonds.